The second-order valence-electron chi connectivity index (χ2n) is 4.82. The van der Waals surface area contributed by atoms with Gasteiger partial charge in [0.25, 0.3) is 0 Å². The molecule has 2 aromatic carbocycles. The average molecular weight is 328 g/mol. The van der Waals surface area contributed by atoms with Gasteiger partial charge >= 0.3 is 6.09 Å². The SMILES string of the molecule is O=C1C(Cl)=C(N(C(=O)O)c2ccccc2)C(=O)c2ccccc21. The number of ketones is 2. The first-order valence-electron chi connectivity index (χ1n) is 6.68. The van der Waals surface area contributed by atoms with Crippen LogP contribution in [0, 0.1) is 0 Å². The zero-order chi connectivity index (χ0) is 16.6. The number of allylic oxidation sites excluding steroid dienone is 2. The lowest BCUT2D eigenvalue weighted by atomic mass is 9.92. The molecule has 114 valence electrons. The van der Waals surface area contributed by atoms with Crippen molar-refractivity contribution in [1.82, 2.24) is 0 Å². The maximum atomic E-state index is 12.7. The van der Waals surface area contributed by atoms with E-state index in [-0.39, 0.29) is 22.5 Å². The van der Waals surface area contributed by atoms with E-state index < -0.39 is 22.7 Å². The highest BCUT2D eigenvalue weighted by atomic mass is 35.5. The van der Waals surface area contributed by atoms with Gasteiger partial charge in [0.15, 0.2) is 0 Å². The number of carboxylic acid groups (broad SMARTS) is 1. The van der Waals surface area contributed by atoms with E-state index in [1.165, 1.54) is 24.3 Å². The van der Waals surface area contributed by atoms with E-state index in [2.05, 4.69) is 0 Å². The minimum Gasteiger partial charge on any atom is -0.464 e. The number of carbonyl (C=O) groups excluding carboxylic acids is 2. The van der Waals surface area contributed by atoms with Crippen LogP contribution in [0.4, 0.5) is 10.5 Å². The Labute approximate surface area is 136 Å². The number of hydrogen-bond acceptors (Lipinski definition) is 3. The molecule has 0 radical (unpaired) electrons. The number of carbonyl (C=O) groups is 3. The average Bonchev–Trinajstić information content (AvgIpc) is 2.57. The lowest BCUT2D eigenvalue weighted by molar-refractivity contribution is 0.0977. The Bertz CT molecular complexity index is 858. The molecule has 0 unspecified atom stereocenters. The summed E-state index contributed by atoms with van der Waals surface area (Å²) in [4.78, 5) is 37.5. The molecular formula is C17H10ClNO4. The predicted molar refractivity (Wildman–Crippen MR) is 84.9 cm³/mol. The second-order valence-corrected chi connectivity index (χ2v) is 5.20. The first-order valence-corrected chi connectivity index (χ1v) is 7.06. The smallest absolute Gasteiger partial charge is 0.416 e. The molecule has 1 N–H and O–H groups in total. The van der Waals surface area contributed by atoms with Gasteiger partial charge in [-0.25, -0.2) is 9.69 Å². The van der Waals surface area contributed by atoms with Crippen LogP contribution in [0.2, 0.25) is 0 Å². The topological polar surface area (TPSA) is 74.7 Å². The van der Waals surface area contributed by atoms with E-state index in [4.69, 9.17) is 11.6 Å². The molecular weight excluding hydrogens is 318 g/mol. The van der Waals surface area contributed by atoms with Gasteiger partial charge in [0.05, 0.1) is 5.69 Å². The van der Waals surface area contributed by atoms with Crippen LogP contribution in [0.15, 0.2) is 65.3 Å². The molecule has 3 rings (SSSR count). The zero-order valence-electron chi connectivity index (χ0n) is 11.7. The van der Waals surface area contributed by atoms with Crippen LogP contribution in [0.1, 0.15) is 20.7 Å². The molecule has 0 bridgehead atoms. The number of para-hydroxylation sites is 1. The lowest BCUT2D eigenvalue weighted by Gasteiger charge is -2.26. The number of Topliss-reactive ketones (excluding diaryl/α,β-unsaturated/α-hetero) is 2. The Balaban J connectivity index is 2.21. The summed E-state index contributed by atoms with van der Waals surface area (Å²) in [6.45, 7) is 0. The summed E-state index contributed by atoms with van der Waals surface area (Å²) in [6, 6.07) is 14.2. The minimum absolute atomic E-state index is 0.138. The van der Waals surface area contributed by atoms with Crippen molar-refractivity contribution in [3.8, 4) is 0 Å². The van der Waals surface area contributed by atoms with Crippen molar-refractivity contribution in [2.45, 2.75) is 0 Å². The van der Waals surface area contributed by atoms with E-state index in [0.717, 1.165) is 4.90 Å². The van der Waals surface area contributed by atoms with Crippen molar-refractivity contribution < 1.29 is 19.5 Å². The molecule has 0 fully saturated rings. The monoisotopic (exact) mass is 327 g/mol. The molecule has 0 aliphatic heterocycles. The number of benzene rings is 2. The predicted octanol–water partition coefficient (Wildman–Crippen LogP) is 3.70. The maximum Gasteiger partial charge on any atom is 0.416 e. The molecule has 23 heavy (non-hydrogen) atoms. The number of amides is 1. The molecule has 6 heteroatoms. The van der Waals surface area contributed by atoms with Gasteiger partial charge in [-0.05, 0) is 12.1 Å². The van der Waals surface area contributed by atoms with E-state index >= 15 is 0 Å². The van der Waals surface area contributed by atoms with Crippen molar-refractivity contribution >= 4 is 34.9 Å². The van der Waals surface area contributed by atoms with Crippen LogP contribution < -0.4 is 4.90 Å². The molecule has 0 spiro atoms. The Morgan fingerprint density at radius 3 is 1.96 bits per heavy atom. The number of fused-ring (bicyclic) bond motifs is 1. The van der Waals surface area contributed by atoms with E-state index in [1.54, 1.807) is 30.3 Å². The summed E-state index contributed by atoms with van der Waals surface area (Å²) in [7, 11) is 0. The first kappa shape index (κ1) is 15.0. The number of hydrogen-bond donors (Lipinski definition) is 1. The highest BCUT2D eigenvalue weighted by Crippen LogP contribution is 2.33. The maximum absolute atomic E-state index is 12.7. The molecule has 1 amide bonds. The van der Waals surface area contributed by atoms with Gasteiger partial charge in [0.1, 0.15) is 10.7 Å². The number of rotatable bonds is 2. The highest BCUT2D eigenvalue weighted by molar-refractivity contribution is 6.50. The lowest BCUT2D eigenvalue weighted by Crippen LogP contribution is -2.36. The quantitative estimate of drug-likeness (QED) is 0.912. The van der Waals surface area contributed by atoms with Crippen LogP contribution in [-0.4, -0.2) is 22.8 Å². The Hall–Kier alpha value is -2.92. The summed E-state index contributed by atoms with van der Waals surface area (Å²) in [5.74, 6) is -1.17. The summed E-state index contributed by atoms with van der Waals surface area (Å²) in [5.41, 5.74) is 0.187. The van der Waals surface area contributed by atoms with E-state index in [1.807, 2.05) is 0 Å². The second kappa shape index (κ2) is 5.70. The summed E-state index contributed by atoms with van der Waals surface area (Å²) in [5, 5.41) is 9.12. The third kappa shape index (κ3) is 2.41. The number of anilines is 1. The van der Waals surface area contributed by atoms with Crippen LogP contribution >= 0.6 is 11.6 Å². The molecule has 2 aromatic rings. The molecule has 0 saturated heterocycles. The van der Waals surface area contributed by atoms with Gasteiger partial charge in [0, 0.05) is 11.1 Å². The van der Waals surface area contributed by atoms with Gasteiger partial charge in [-0.2, -0.15) is 0 Å². The van der Waals surface area contributed by atoms with Crippen molar-refractivity contribution in [2.75, 3.05) is 4.90 Å². The summed E-state index contributed by atoms with van der Waals surface area (Å²) < 4.78 is 0. The largest absolute Gasteiger partial charge is 0.464 e. The third-order valence-electron chi connectivity index (χ3n) is 3.47. The number of halogens is 1. The Morgan fingerprint density at radius 1 is 0.870 bits per heavy atom. The Kier molecular flexibility index (Phi) is 3.72. The highest BCUT2D eigenvalue weighted by Gasteiger charge is 2.37. The molecule has 0 atom stereocenters. The fourth-order valence-corrected chi connectivity index (χ4v) is 2.72. The van der Waals surface area contributed by atoms with Crippen molar-refractivity contribution in [3.05, 3.63) is 76.5 Å². The third-order valence-corrected chi connectivity index (χ3v) is 3.82. The van der Waals surface area contributed by atoms with Crippen LogP contribution in [0.5, 0.6) is 0 Å². The summed E-state index contributed by atoms with van der Waals surface area (Å²) in [6.07, 6.45) is -1.40. The molecule has 5 nitrogen and oxygen atoms in total. The first-order chi connectivity index (χ1) is 11.0. The molecule has 1 aliphatic rings. The molecule has 0 aromatic heterocycles. The van der Waals surface area contributed by atoms with Gasteiger partial charge in [-0.3, -0.25) is 9.59 Å². The molecule has 0 heterocycles. The van der Waals surface area contributed by atoms with E-state index in [9.17, 15) is 19.5 Å². The van der Waals surface area contributed by atoms with E-state index in [0.29, 0.717) is 0 Å². The van der Waals surface area contributed by atoms with Crippen LogP contribution in [-0.2, 0) is 0 Å². The van der Waals surface area contributed by atoms with Crippen molar-refractivity contribution in [1.29, 1.82) is 0 Å². The zero-order valence-corrected chi connectivity index (χ0v) is 12.4. The number of nitrogens with zero attached hydrogens (tertiary/aromatic N) is 1. The van der Waals surface area contributed by atoms with Gasteiger partial charge in [-0.1, -0.05) is 54.1 Å². The van der Waals surface area contributed by atoms with Crippen molar-refractivity contribution in [2.24, 2.45) is 0 Å². The fourth-order valence-electron chi connectivity index (χ4n) is 2.44. The van der Waals surface area contributed by atoms with Gasteiger partial charge in [0.2, 0.25) is 11.6 Å². The molecule has 1 aliphatic carbocycles. The van der Waals surface area contributed by atoms with Crippen LogP contribution in [0.3, 0.4) is 0 Å². The standard InChI is InChI=1S/C17H10ClNO4/c18-13-14(19(17(22)23)10-6-2-1-3-7-10)16(21)12-9-5-4-8-11(12)15(13)20/h1-9H,(H,22,23). The fraction of sp³-hybridized carbons (Fsp3) is 0. The van der Waals surface area contributed by atoms with Crippen molar-refractivity contribution in [3.63, 3.8) is 0 Å². The van der Waals surface area contributed by atoms with Gasteiger partial charge in [-0.15, -0.1) is 0 Å². The normalized spacial score (nSPS) is 13.8. The molecule has 0 saturated carbocycles. The van der Waals surface area contributed by atoms with Crippen LogP contribution in [0.25, 0.3) is 0 Å². The van der Waals surface area contributed by atoms with Gasteiger partial charge < -0.3 is 5.11 Å². The summed E-state index contributed by atoms with van der Waals surface area (Å²) >= 11 is 6.05. The minimum atomic E-state index is -1.40. The Morgan fingerprint density at radius 2 is 1.39 bits per heavy atom.